The van der Waals surface area contributed by atoms with E-state index in [-0.39, 0.29) is 12.4 Å². The topological polar surface area (TPSA) is 104 Å². The number of carbonyl (C=O) groups is 3. The van der Waals surface area contributed by atoms with Gasteiger partial charge in [-0.2, -0.15) is 0 Å². The van der Waals surface area contributed by atoms with Gasteiger partial charge in [0.25, 0.3) is 0 Å². The van der Waals surface area contributed by atoms with E-state index in [0.717, 1.165) is 62.1 Å². The first-order valence-corrected chi connectivity index (χ1v) is 15.4. The summed E-state index contributed by atoms with van der Waals surface area (Å²) in [6.07, 6.45) is 15.2. The minimum Gasteiger partial charge on any atom is -0.479 e. The van der Waals surface area contributed by atoms with Crippen molar-refractivity contribution >= 4 is 17.7 Å². The van der Waals surface area contributed by atoms with Crippen molar-refractivity contribution < 1.29 is 29.0 Å². The molecule has 2 aromatic rings. The molecule has 2 rings (SSSR count). The number of unbranched alkanes of at least 4 members (excludes halogenated alkanes) is 8. The molecule has 0 heterocycles. The first-order chi connectivity index (χ1) is 20.1. The number of carboxylic acids is 1. The minimum absolute atomic E-state index is 0.284. The van der Waals surface area contributed by atoms with Crippen molar-refractivity contribution in [3.8, 4) is 11.1 Å². The van der Waals surface area contributed by atoms with Gasteiger partial charge in [-0.05, 0) is 67.9 Å². The molecule has 0 aliphatic carbocycles. The maximum absolute atomic E-state index is 13.2. The molecule has 0 aliphatic heterocycles. The fourth-order valence-corrected chi connectivity index (χ4v) is 4.83. The van der Waals surface area contributed by atoms with Gasteiger partial charge in [-0.1, -0.05) is 94.0 Å². The Morgan fingerprint density at radius 1 is 0.857 bits per heavy atom. The molecule has 2 aromatic carbocycles. The second kappa shape index (κ2) is 19.0. The van der Waals surface area contributed by atoms with Crippen molar-refractivity contribution in [1.29, 1.82) is 0 Å². The maximum atomic E-state index is 13.2. The fraction of sp³-hybridized carbons (Fsp3) is 0.514. The molecule has 6 nitrogen and oxygen atoms in total. The van der Waals surface area contributed by atoms with Crippen LogP contribution in [0.2, 0.25) is 0 Å². The van der Waals surface area contributed by atoms with Crippen LogP contribution >= 0.6 is 0 Å². The smallest absolute Gasteiger partial charge is 0.336 e. The lowest BCUT2D eigenvalue weighted by atomic mass is 9.87. The first-order valence-electron chi connectivity index (χ1n) is 15.4. The van der Waals surface area contributed by atoms with E-state index >= 15 is 0 Å². The number of amides is 1. The number of nitrogens with one attached hydrogen (secondary N) is 1. The number of carbonyl (C=O) groups excluding carboxylic acids is 2. The molecule has 0 saturated carbocycles. The summed E-state index contributed by atoms with van der Waals surface area (Å²) < 4.78 is 13.2. The molecule has 0 bridgehead atoms. The number of hydrogen-bond acceptors (Lipinski definition) is 4. The Hall–Kier alpha value is -3.32. The van der Waals surface area contributed by atoms with E-state index in [2.05, 4.69) is 12.2 Å². The number of rotatable bonds is 21. The van der Waals surface area contributed by atoms with E-state index < -0.39 is 23.4 Å². The zero-order chi connectivity index (χ0) is 30.8. The van der Waals surface area contributed by atoms with Crippen LogP contribution in [0.25, 0.3) is 11.1 Å². The Morgan fingerprint density at radius 2 is 1.40 bits per heavy atom. The van der Waals surface area contributed by atoms with Crippen molar-refractivity contribution in [1.82, 2.24) is 5.32 Å². The predicted molar refractivity (Wildman–Crippen MR) is 166 cm³/mol. The van der Waals surface area contributed by atoms with Crippen molar-refractivity contribution in [2.75, 3.05) is 6.54 Å². The summed E-state index contributed by atoms with van der Waals surface area (Å²) in [7, 11) is 0. The molecule has 1 amide bonds. The van der Waals surface area contributed by atoms with Crippen LogP contribution in [0.4, 0.5) is 4.39 Å². The fourth-order valence-electron chi connectivity index (χ4n) is 4.83. The molecule has 230 valence electrons. The van der Waals surface area contributed by atoms with Gasteiger partial charge < -0.3 is 15.5 Å². The van der Waals surface area contributed by atoms with Crippen LogP contribution in [0.3, 0.4) is 0 Å². The maximum Gasteiger partial charge on any atom is 0.336 e. The summed E-state index contributed by atoms with van der Waals surface area (Å²) in [6, 6.07) is 14.0. The summed E-state index contributed by atoms with van der Waals surface area (Å²) in [5.74, 6) is -3.18. The van der Waals surface area contributed by atoms with Gasteiger partial charge in [0, 0.05) is 19.4 Å². The summed E-state index contributed by atoms with van der Waals surface area (Å²) in [4.78, 5) is 36.6. The molecule has 0 saturated heterocycles. The molecule has 3 N–H and O–H groups in total. The zero-order valence-corrected chi connectivity index (χ0v) is 25.2. The van der Waals surface area contributed by atoms with E-state index in [1.54, 1.807) is 18.2 Å². The Bertz CT molecular complexity index is 1130. The largest absolute Gasteiger partial charge is 0.479 e. The van der Waals surface area contributed by atoms with E-state index in [9.17, 15) is 29.0 Å². The number of aliphatic carboxylic acids is 1. The van der Waals surface area contributed by atoms with Gasteiger partial charge in [0.1, 0.15) is 11.6 Å². The number of benzene rings is 2. The van der Waals surface area contributed by atoms with Crippen LogP contribution < -0.4 is 5.32 Å². The SMILES string of the molecule is CCCCCCCC(=O)CCCCCCC=C[C@H](C(=O)NCCc1ccc(-c2ccc(F)cc2)cc1)[C@](C)(O)C(=O)O. The quantitative estimate of drug-likeness (QED) is 0.105. The number of Topliss-reactive ketones (excluding diaryl/α,β-unsaturated/α-hetero) is 1. The highest BCUT2D eigenvalue weighted by Gasteiger charge is 2.42. The molecule has 42 heavy (non-hydrogen) atoms. The Balaban J connectivity index is 1.74. The number of halogens is 1. The summed E-state index contributed by atoms with van der Waals surface area (Å²) >= 11 is 0. The summed E-state index contributed by atoms with van der Waals surface area (Å²) in [5, 5.41) is 22.8. The first kappa shape index (κ1) is 34.9. The molecule has 2 atom stereocenters. The highest BCUT2D eigenvalue weighted by Crippen LogP contribution is 2.22. The molecule has 0 fully saturated rings. The number of ketones is 1. The van der Waals surface area contributed by atoms with Gasteiger partial charge in [0.2, 0.25) is 5.91 Å². The van der Waals surface area contributed by atoms with Gasteiger partial charge >= 0.3 is 5.97 Å². The Morgan fingerprint density at radius 3 is 1.98 bits per heavy atom. The lowest BCUT2D eigenvalue weighted by Crippen LogP contribution is -2.49. The number of aliphatic hydroxyl groups is 1. The van der Waals surface area contributed by atoms with Gasteiger partial charge in [-0.25, -0.2) is 9.18 Å². The molecule has 0 spiro atoms. The normalized spacial score (nSPS) is 13.5. The zero-order valence-electron chi connectivity index (χ0n) is 25.2. The molecular formula is C35H48FNO5. The van der Waals surface area contributed by atoms with Crippen LogP contribution in [0, 0.1) is 11.7 Å². The monoisotopic (exact) mass is 581 g/mol. The van der Waals surface area contributed by atoms with Crippen LogP contribution in [0.5, 0.6) is 0 Å². The van der Waals surface area contributed by atoms with Crippen LogP contribution in [0.15, 0.2) is 60.7 Å². The lowest BCUT2D eigenvalue weighted by Gasteiger charge is -2.25. The standard InChI is InChI=1S/C35H48FNO5/c1-3-4-5-8-11-14-31(38)15-12-9-6-7-10-13-16-32(35(2,42)34(40)41)33(39)37-26-25-27-17-19-28(20-18-27)29-21-23-30(36)24-22-29/h13,16-24,32,42H,3-12,14-15,25-26H2,1-2H3,(H,37,39)(H,40,41)/t32-,35+/m1/s1. The third-order valence-electron chi connectivity index (χ3n) is 7.63. The lowest BCUT2D eigenvalue weighted by molar-refractivity contribution is -0.163. The number of carboxylic acid groups (broad SMARTS) is 1. The third-order valence-corrected chi connectivity index (χ3v) is 7.63. The van der Waals surface area contributed by atoms with Crippen molar-refractivity contribution in [3.63, 3.8) is 0 Å². The number of hydrogen-bond donors (Lipinski definition) is 3. The van der Waals surface area contributed by atoms with E-state index in [1.807, 2.05) is 24.3 Å². The van der Waals surface area contributed by atoms with Gasteiger partial charge in [-0.3, -0.25) is 9.59 Å². The average Bonchev–Trinajstić information content (AvgIpc) is 2.96. The average molecular weight is 582 g/mol. The minimum atomic E-state index is -2.24. The number of allylic oxidation sites excluding steroid dienone is 1. The second-order valence-electron chi connectivity index (χ2n) is 11.3. The second-order valence-corrected chi connectivity index (χ2v) is 11.3. The van der Waals surface area contributed by atoms with Crippen LogP contribution in [-0.2, 0) is 20.8 Å². The van der Waals surface area contributed by atoms with E-state index in [4.69, 9.17) is 0 Å². The highest BCUT2D eigenvalue weighted by atomic mass is 19.1. The van der Waals surface area contributed by atoms with Crippen molar-refractivity contribution in [2.24, 2.45) is 5.92 Å². The van der Waals surface area contributed by atoms with Crippen molar-refractivity contribution in [2.45, 2.75) is 103 Å². The molecule has 0 aromatic heterocycles. The highest BCUT2D eigenvalue weighted by molar-refractivity contribution is 5.90. The molecule has 0 unspecified atom stereocenters. The van der Waals surface area contributed by atoms with E-state index in [1.165, 1.54) is 37.5 Å². The van der Waals surface area contributed by atoms with Gasteiger partial charge in [0.05, 0.1) is 5.92 Å². The Labute approximate surface area is 250 Å². The third kappa shape index (κ3) is 12.7. The van der Waals surface area contributed by atoms with Crippen LogP contribution in [0.1, 0.15) is 96.5 Å². The molecule has 7 heteroatoms. The molecule has 0 aliphatic rings. The predicted octanol–water partition coefficient (Wildman–Crippen LogP) is 7.43. The summed E-state index contributed by atoms with van der Waals surface area (Å²) in [6.45, 7) is 3.60. The molecular weight excluding hydrogens is 533 g/mol. The molecule has 0 radical (unpaired) electrons. The van der Waals surface area contributed by atoms with Crippen LogP contribution in [-0.4, -0.2) is 40.0 Å². The Kier molecular flexibility index (Phi) is 15.8. The van der Waals surface area contributed by atoms with Gasteiger partial charge in [0.15, 0.2) is 5.60 Å². The van der Waals surface area contributed by atoms with Crippen molar-refractivity contribution in [3.05, 3.63) is 72.1 Å². The summed E-state index contributed by atoms with van der Waals surface area (Å²) in [5.41, 5.74) is 0.591. The van der Waals surface area contributed by atoms with E-state index in [0.29, 0.717) is 31.5 Å². The van der Waals surface area contributed by atoms with Gasteiger partial charge in [-0.15, -0.1) is 0 Å².